The predicted molar refractivity (Wildman–Crippen MR) is 135 cm³/mol. The Labute approximate surface area is 193 Å². The van der Waals surface area contributed by atoms with E-state index in [2.05, 4.69) is 78.4 Å². The Hall–Kier alpha value is -4.11. The molecule has 0 spiro atoms. The Morgan fingerprint density at radius 3 is 2.33 bits per heavy atom. The van der Waals surface area contributed by atoms with Crippen LogP contribution in [0.25, 0.3) is 21.9 Å². The Morgan fingerprint density at radius 1 is 0.727 bits per heavy atom. The Bertz CT molecular complexity index is 1490. The van der Waals surface area contributed by atoms with Crippen LogP contribution in [0.3, 0.4) is 0 Å². The number of carbonyl (C=O) groups excluding carboxylic acids is 1. The fourth-order valence-electron chi connectivity index (χ4n) is 4.92. The van der Waals surface area contributed by atoms with Crippen LogP contribution in [0.2, 0.25) is 0 Å². The third-order valence-corrected chi connectivity index (χ3v) is 6.70. The Balaban J connectivity index is 1.38. The first-order valence-electron chi connectivity index (χ1n) is 11.3. The predicted octanol–water partition coefficient (Wildman–Crippen LogP) is 6.83. The molecule has 1 aromatic heterocycles. The fraction of sp³-hybridized carbons (Fsp3) is 0.100. The highest BCUT2D eigenvalue weighted by Gasteiger charge is 2.24. The molecule has 1 amide bonds. The van der Waals surface area contributed by atoms with E-state index in [1.54, 1.807) is 0 Å². The molecule has 0 atom stereocenters. The lowest BCUT2D eigenvalue weighted by Crippen LogP contribution is -2.30. The van der Waals surface area contributed by atoms with Crippen LogP contribution in [0.1, 0.15) is 27.2 Å². The minimum absolute atomic E-state index is 0.0254. The lowest BCUT2D eigenvalue weighted by molar-refractivity contribution is 0.0985. The van der Waals surface area contributed by atoms with Gasteiger partial charge in [-0.2, -0.15) is 0 Å². The lowest BCUT2D eigenvalue weighted by atomic mass is 9.95. The van der Waals surface area contributed by atoms with Crippen LogP contribution in [0.4, 0.5) is 5.69 Å². The maximum Gasteiger partial charge on any atom is 0.258 e. The van der Waals surface area contributed by atoms with Gasteiger partial charge in [-0.1, -0.05) is 66.7 Å². The largest absolute Gasteiger partial charge is 0.345 e. The molecule has 1 aliphatic heterocycles. The molecule has 3 nitrogen and oxygen atoms in total. The van der Waals surface area contributed by atoms with Crippen LogP contribution in [0.5, 0.6) is 0 Å². The molecule has 0 N–H and O–H groups in total. The van der Waals surface area contributed by atoms with Crippen molar-refractivity contribution in [1.29, 1.82) is 0 Å². The molecule has 5 aromatic rings. The van der Waals surface area contributed by atoms with Gasteiger partial charge in [0.1, 0.15) is 0 Å². The molecule has 3 heteroatoms. The molecular weight excluding hydrogens is 404 g/mol. The number of rotatable bonds is 2. The van der Waals surface area contributed by atoms with Crippen LogP contribution in [0, 0.1) is 6.92 Å². The average molecular weight is 429 g/mol. The van der Waals surface area contributed by atoms with Crippen molar-refractivity contribution >= 4 is 22.4 Å². The quantitative estimate of drug-likeness (QED) is 0.303. The molecular formula is C30H24N2O. The molecule has 4 aromatic carbocycles. The molecule has 0 unspecified atom stereocenters. The van der Waals surface area contributed by atoms with Gasteiger partial charge in [0.15, 0.2) is 0 Å². The number of fused-ring (bicyclic) bond motifs is 3. The third-order valence-electron chi connectivity index (χ3n) is 6.70. The zero-order valence-corrected chi connectivity index (χ0v) is 18.5. The molecule has 0 saturated heterocycles. The Kier molecular flexibility index (Phi) is 4.62. The molecule has 0 radical (unpaired) electrons. The monoisotopic (exact) mass is 428 g/mol. The molecule has 0 fully saturated rings. The van der Waals surface area contributed by atoms with Crippen LogP contribution in [-0.2, 0) is 13.1 Å². The van der Waals surface area contributed by atoms with Crippen molar-refractivity contribution in [3.05, 3.63) is 126 Å². The molecule has 6 rings (SSSR count). The van der Waals surface area contributed by atoms with Gasteiger partial charge in [0.2, 0.25) is 0 Å². The molecule has 0 saturated carbocycles. The second kappa shape index (κ2) is 7.79. The number of amides is 1. The van der Waals surface area contributed by atoms with E-state index >= 15 is 0 Å². The molecule has 0 aliphatic carbocycles. The van der Waals surface area contributed by atoms with Crippen molar-refractivity contribution in [2.24, 2.45) is 0 Å². The molecule has 33 heavy (non-hydrogen) atoms. The number of aromatic nitrogens is 1. The zero-order chi connectivity index (χ0) is 22.4. The summed E-state index contributed by atoms with van der Waals surface area (Å²) >= 11 is 0. The van der Waals surface area contributed by atoms with E-state index in [9.17, 15) is 4.79 Å². The first-order valence-corrected chi connectivity index (χ1v) is 11.3. The van der Waals surface area contributed by atoms with Gasteiger partial charge in [0.05, 0.1) is 6.54 Å². The maximum absolute atomic E-state index is 13.7. The van der Waals surface area contributed by atoms with Gasteiger partial charge in [0.25, 0.3) is 5.91 Å². The summed E-state index contributed by atoms with van der Waals surface area (Å²) in [4.78, 5) is 15.6. The minimum atomic E-state index is 0.0254. The number of hydrogen-bond acceptors (Lipinski definition) is 1. The molecule has 0 bridgehead atoms. The van der Waals surface area contributed by atoms with Crippen LogP contribution in [-0.4, -0.2) is 10.5 Å². The number of nitrogens with zero attached hydrogens (tertiary/aromatic N) is 2. The third kappa shape index (κ3) is 3.33. The first kappa shape index (κ1) is 19.6. The average Bonchev–Trinajstić information content (AvgIpc) is 3.23. The van der Waals surface area contributed by atoms with Gasteiger partial charge in [-0.15, -0.1) is 0 Å². The molecule has 160 valence electrons. The summed E-state index contributed by atoms with van der Waals surface area (Å²) in [5.41, 5.74) is 7.56. The summed E-state index contributed by atoms with van der Waals surface area (Å²) in [6, 6.07) is 33.2. The summed E-state index contributed by atoms with van der Waals surface area (Å²) in [7, 11) is 0. The van der Waals surface area contributed by atoms with Crippen LogP contribution < -0.4 is 4.90 Å². The number of carbonyl (C=O) groups is 1. The van der Waals surface area contributed by atoms with E-state index in [4.69, 9.17) is 0 Å². The normalized spacial score (nSPS) is 12.8. The second-order valence-electron chi connectivity index (χ2n) is 8.70. The summed E-state index contributed by atoms with van der Waals surface area (Å²) < 4.78 is 2.22. The van der Waals surface area contributed by atoms with Gasteiger partial charge in [-0.25, -0.2) is 0 Å². The van der Waals surface area contributed by atoms with E-state index in [0.717, 1.165) is 29.1 Å². The van der Waals surface area contributed by atoms with Gasteiger partial charge in [-0.3, -0.25) is 4.79 Å². The van der Waals surface area contributed by atoms with E-state index in [-0.39, 0.29) is 5.91 Å². The standard InChI is InChI=1S/C30H24N2O/c1-21-12-17-27(28-10-4-3-9-26(21)28)22-13-15-23(16-14-22)30(33)32-20-25-8-6-18-31(25)19-24-7-2-5-11-29(24)32/h2-18H,19-20H2,1H3. The van der Waals surface area contributed by atoms with E-state index in [1.165, 1.54) is 21.9 Å². The van der Waals surface area contributed by atoms with Crippen molar-refractivity contribution in [3.8, 4) is 11.1 Å². The molecule has 2 heterocycles. The lowest BCUT2D eigenvalue weighted by Gasteiger charge is -2.23. The van der Waals surface area contributed by atoms with Crippen molar-refractivity contribution in [1.82, 2.24) is 4.57 Å². The van der Waals surface area contributed by atoms with Crippen LogP contribution in [0.15, 0.2) is 103 Å². The topological polar surface area (TPSA) is 25.2 Å². The highest BCUT2D eigenvalue weighted by molar-refractivity contribution is 6.07. The first-order chi connectivity index (χ1) is 16.2. The zero-order valence-electron chi connectivity index (χ0n) is 18.5. The summed E-state index contributed by atoms with van der Waals surface area (Å²) in [6.45, 7) is 3.48. The second-order valence-corrected chi connectivity index (χ2v) is 8.70. The van der Waals surface area contributed by atoms with Crippen molar-refractivity contribution < 1.29 is 4.79 Å². The van der Waals surface area contributed by atoms with Crippen molar-refractivity contribution in [2.75, 3.05) is 4.90 Å². The van der Waals surface area contributed by atoms with Crippen LogP contribution >= 0.6 is 0 Å². The molecule has 1 aliphatic rings. The summed E-state index contributed by atoms with van der Waals surface area (Å²) in [5.74, 6) is 0.0254. The van der Waals surface area contributed by atoms with Gasteiger partial charge in [0, 0.05) is 29.7 Å². The fourth-order valence-corrected chi connectivity index (χ4v) is 4.92. The number of benzene rings is 4. The highest BCUT2D eigenvalue weighted by atomic mass is 16.2. The summed E-state index contributed by atoms with van der Waals surface area (Å²) in [6.07, 6.45) is 2.08. The Morgan fingerprint density at radius 2 is 1.48 bits per heavy atom. The summed E-state index contributed by atoms with van der Waals surface area (Å²) in [5, 5.41) is 2.50. The number of aryl methyl sites for hydroxylation is 1. The van der Waals surface area contributed by atoms with E-state index < -0.39 is 0 Å². The van der Waals surface area contributed by atoms with Gasteiger partial charge < -0.3 is 9.47 Å². The smallest absolute Gasteiger partial charge is 0.258 e. The SMILES string of the molecule is Cc1ccc(-c2ccc(C(=O)N3Cc4cccn4Cc4ccccc43)cc2)c2ccccc12. The van der Waals surface area contributed by atoms with E-state index in [1.807, 2.05) is 41.3 Å². The van der Waals surface area contributed by atoms with E-state index in [0.29, 0.717) is 12.1 Å². The van der Waals surface area contributed by atoms with Gasteiger partial charge in [-0.05, 0) is 70.3 Å². The number of para-hydroxylation sites is 1. The highest BCUT2D eigenvalue weighted by Crippen LogP contribution is 2.32. The maximum atomic E-state index is 13.7. The van der Waals surface area contributed by atoms with Gasteiger partial charge >= 0.3 is 0 Å². The number of anilines is 1. The van der Waals surface area contributed by atoms with Crippen molar-refractivity contribution in [2.45, 2.75) is 20.0 Å². The minimum Gasteiger partial charge on any atom is -0.345 e. The number of hydrogen-bond donors (Lipinski definition) is 0. The van der Waals surface area contributed by atoms with Crippen molar-refractivity contribution in [3.63, 3.8) is 0 Å².